The lowest BCUT2D eigenvalue weighted by Gasteiger charge is -2.04. The molecule has 0 saturated heterocycles. The normalized spacial score (nSPS) is 15.2. The number of aromatic nitrogens is 2. The minimum atomic E-state index is -0.0485. The van der Waals surface area contributed by atoms with E-state index in [9.17, 15) is 0 Å². The number of ether oxygens (including phenoxy) is 1. The molecule has 5 heteroatoms. The van der Waals surface area contributed by atoms with E-state index in [0.717, 1.165) is 18.7 Å². The molecule has 1 aliphatic carbocycles. The number of nitrogens with zero attached hydrogens (tertiary/aromatic N) is 2. The molecule has 5 nitrogen and oxygen atoms in total. The van der Waals surface area contributed by atoms with Crippen LogP contribution in [0.3, 0.4) is 0 Å². The van der Waals surface area contributed by atoms with Crippen LogP contribution in [0.5, 0.6) is 5.88 Å². The molecule has 0 unspecified atom stereocenters. The summed E-state index contributed by atoms with van der Waals surface area (Å²) in [7, 11) is 1.54. The summed E-state index contributed by atoms with van der Waals surface area (Å²) < 4.78 is 5.02. The average Bonchev–Trinajstić information content (AvgIpc) is 3.00. The Bertz CT molecular complexity index is 373. The second-order valence-electron chi connectivity index (χ2n) is 3.34. The van der Waals surface area contributed by atoms with Crippen molar-refractivity contribution >= 4 is 5.84 Å². The van der Waals surface area contributed by atoms with E-state index in [1.807, 2.05) is 0 Å². The van der Waals surface area contributed by atoms with Gasteiger partial charge in [-0.15, -0.1) is 0 Å². The van der Waals surface area contributed by atoms with E-state index in [4.69, 9.17) is 15.9 Å². The monoisotopic (exact) mass is 192 g/mol. The van der Waals surface area contributed by atoms with Crippen LogP contribution in [-0.2, 0) is 0 Å². The van der Waals surface area contributed by atoms with Gasteiger partial charge in [-0.2, -0.15) is 4.98 Å². The molecular weight excluding hydrogens is 180 g/mol. The number of amidine groups is 1. The fraction of sp³-hybridized carbons (Fsp3) is 0.444. The molecule has 1 aromatic heterocycles. The van der Waals surface area contributed by atoms with Gasteiger partial charge in [-0.25, -0.2) is 4.98 Å². The van der Waals surface area contributed by atoms with Crippen molar-refractivity contribution in [2.24, 2.45) is 5.73 Å². The van der Waals surface area contributed by atoms with Crippen LogP contribution in [0.15, 0.2) is 6.07 Å². The zero-order valence-corrected chi connectivity index (χ0v) is 7.95. The van der Waals surface area contributed by atoms with Crippen molar-refractivity contribution in [3.63, 3.8) is 0 Å². The Morgan fingerprint density at radius 2 is 2.29 bits per heavy atom. The first kappa shape index (κ1) is 8.93. The summed E-state index contributed by atoms with van der Waals surface area (Å²) in [4.78, 5) is 8.41. The largest absolute Gasteiger partial charge is 0.481 e. The second kappa shape index (κ2) is 3.25. The van der Waals surface area contributed by atoms with Gasteiger partial charge in [0.05, 0.1) is 7.11 Å². The van der Waals surface area contributed by atoms with Crippen molar-refractivity contribution in [3.05, 3.63) is 17.6 Å². The Labute approximate surface area is 81.8 Å². The maximum Gasteiger partial charge on any atom is 0.217 e. The van der Waals surface area contributed by atoms with Crippen molar-refractivity contribution < 1.29 is 4.74 Å². The van der Waals surface area contributed by atoms with Crippen LogP contribution < -0.4 is 10.5 Å². The standard InChI is InChI=1S/C9H12N4O/c1-14-7-4-6(8(10)11)12-9(13-7)5-2-3-5/h4-5H,2-3H2,1H3,(H3,10,11). The minimum Gasteiger partial charge on any atom is -0.481 e. The lowest BCUT2D eigenvalue weighted by atomic mass is 10.3. The van der Waals surface area contributed by atoms with Crippen molar-refractivity contribution in [3.8, 4) is 5.88 Å². The topological polar surface area (TPSA) is 84.9 Å². The fourth-order valence-electron chi connectivity index (χ4n) is 1.21. The van der Waals surface area contributed by atoms with Crippen LogP contribution in [0.2, 0.25) is 0 Å². The number of nitrogens with one attached hydrogen (secondary N) is 1. The van der Waals surface area contributed by atoms with E-state index >= 15 is 0 Å². The maximum atomic E-state index is 7.30. The van der Waals surface area contributed by atoms with Gasteiger partial charge in [0.1, 0.15) is 17.4 Å². The maximum absolute atomic E-state index is 7.30. The van der Waals surface area contributed by atoms with E-state index in [-0.39, 0.29) is 5.84 Å². The predicted molar refractivity (Wildman–Crippen MR) is 51.6 cm³/mol. The predicted octanol–water partition coefficient (Wildman–Crippen LogP) is 0.647. The molecule has 0 spiro atoms. The summed E-state index contributed by atoms with van der Waals surface area (Å²) in [5.74, 6) is 1.61. The molecule has 1 aliphatic rings. The Kier molecular flexibility index (Phi) is 2.07. The number of rotatable bonds is 3. The first-order valence-corrected chi connectivity index (χ1v) is 4.48. The molecule has 1 heterocycles. The SMILES string of the molecule is COc1cc(C(=N)N)nc(C2CC2)n1. The summed E-state index contributed by atoms with van der Waals surface area (Å²) >= 11 is 0. The van der Waals surface area contributed by atoms with Crippen molar-refractivity contribution in [1.82, 2.24) is 9.97 Å². The lowest BCUT2D eigenvalue weighted by Crippen LogP contribution is -2.15. The van der Waals surface area contributed by atoms with Crippen LogP contribution in [-0.4, -0.2) is 22.9 Å². The molecular formula is C9H12N4O. The smallest absolute Gasteiger partial charge is 0.217 e. The van der Waals surface area contributed by atoms with Crippen LogP contribution in [0.1, 0.15) is 30.3 Å². The number of nitrogen functional groups attached to an aromatic ring is 1. The van der Waals surface area contributed by atoms with Gasteiger partial charge in [-0.3, -0.25) is 5.41 Å². The van der Waals surface area contributed by atoms with Crippen LogP contribution >= 0.6 is 0 Å². The first-order valence-electron chi connectivity index (χ1n) is 4.48. The number of hydrogen-bond donors (Lipinski definition) is 2. The van der Waals surface area contributed by atoms with E-state index in [1.54, 1.807) is 13.2 Å². The molecule has 1 fully saturated rings. The highest BCUT2D eigenvalue weighted by atomic mass is 16.5. The summed E-state index contributed by atoms with van der Waals surface area (Å²) in [5, 5.41) is 7.30. The summed E-state index contributed by atoms with van der Waals surface area (Å²) in [6.45, 7) is 0. The van der Waals surface area contributed by atoms with Crippen LogP contribution in [0.4, 0.5) is 0 Å². The second-order valence-corrected chi connectivity index (χ2v) is 3.34. The molecule has 0 aliphatic heterocycles. The van der Waals surface area contributed by atoms with Gasteiger partial charge in [0.2, 0.25) is 5.88 Å². The van der Waals surface area contributed by atoms with Gasteiger partial charge < -0.3 is 10.5 Å². The van der Waals surface area contributed by atoms with Crippen LogP contribution in [0.25, 0.3) is 0 Å². The summed E-state index contributed by atoms with van der Waals surface area (Å²) in [6.07, 6.45) is 2.23. The molecule has 0 radical (unpaired) electrons. The summed E-state index contributed by atoms with van der Waals surface area (Å²) in [5.41, 5.74) is 5.81. The molecule has 14 heavy (non-hydrogen) atoms. The fourth-order valence-corrected chi connectivity index (χ4v) is 1.21. The molecule has 0 atom stereocenters. The third-order valence-corrected chi connectivity index (χ3v) is 2.15. The lowest BCUT2D eigenvalue weighted by molar-refractivity contribution is 0.394. The van der Waals surface area contributed by atoms with E-state index < -0.39 is 0 Å². The highest BCUT2D eigenvalue weighted by Gasteiger charge is 2.27. The number of nitrogens with two attached hydrogens (primary N) is 1. The summed E-state index contributed by atoms with van der Waals surface area (Å²) in [6, 6.07) is 1.58. The van der Waals surface area contributed by atoms with Crippen LogP contribution in [0, 0.1) is 5.41 Å². The Hall–Kier alpha value is -1.65. The molecule has 3 N–H and O–H groups in total. The number of methoxy groups -OCH3 is 1. The molecule has 1 aromatic rings. The van der Waals surface area contributed by atoms with Gasteiger partial charge in [-0.05, 0) is 12.8 Å². The van der Waals surface area contributed by atoms with Gasteiger partial charge in [0, 0.05) is 12.0 Å². The third-order valence-electron chi connectivity index (χ3n) is 2.15. The van der Waals surface area contributed by atoms with Gasteiger partial charge in [-0.1, -0.05) is 0 Å². The van der Waals surface area contributed by atoms with E-state index in [2.05, 4.69) is 9.97 Å². The Morgan fingerprint density at radius 3 is 2.79 bits per heavy atom. The van der Waals surface area contributed by atoms with Gasteiger partial charge >= 0.3 is 0 Å². The molecule has 0 aromatic carbocycles. The molecule has 2 rings (SSSR count). The number of hydrogen-bond acceptors (Lipinski definition) is 4. The van der Waals surface area contributed by atoms with E-state index in [1.165, 1.54) is 0 Å². The van der Waals surface area contributed by atoms with Crippen molar-refractivity contribution in [1.29, 1.82) is 5.41 Å². The highest BCUT2D eigenvalue weighted by Crippen LogP contribution is 2.38. The van der Waals surface area contributed by atoms with Crippen molar-refractivity contribution in [2.45, 2.75) is 18.8 Å². The third kappa shape index (κ3) is 1.66. The molecule has 0 bridgehead atoms. The van der Waals surface area contributed by atoms with Gasteiger partial charge in [0.15, 0.2) is 0 Å². The Balaban J connectivity index is 2.40. The van der Waals surface area contributed by atoms with Gasteiger partial charge in [0.25, 0.3) is 0 Å². The minimum absolute atomic E-state index is 0.0485. The quantitative estimate of drug-likeness (QED) is 0.543. The molecule has 0 amide bonds. The Morgan fingerprint density at radius 1 is 1.57 bits per heavy atom. The highest BCUT2D eigenvalue weighted by molar-refractivity contribution is 5.93. The average molecular weight is 192 g/mol. The first-order chi connectivity index (χ1) is 6.70. The molecule has 74 valence electrons. The zero-order chi connectivity index (χ0) is 10.1. The van der Waals surface area contributed by atoms with E-state index in [0.29, 0.717) is 17.5 Å². The molecule has 1 saturated carbocycles. The van der Waals surface area contributed by atoms with Crippen molar-refractivity contribution in [2.75, 3.05) is 7.11 Å². The zero-order valence-electron chi connectivity index (χ0n) is 7.95.